The molecule has 140 valence electrons. The third kappa shape index (κ3) is 7.40. The van der Waals surface area contributed by atoms with Gasteiger partial charge >= 0.3 is 0 Å². The van der Waals surface area contributed by atoms with E-state index in [-0.39, 0.29) is 0 Å². The van der Waals surface area contributed by atoms with Crippen LogP contribution in [0.2, 0.25) is 0 Å². The van der Waals surface area contributed by atoms with Crippen LogP contribution in [0.4, 0.5) is 0 Å². The highest BCUT2D eigenvalue weighted by atomic mass is 15.1. The largest absolute Gasteiger partial charge is 0.303 e. The van der Waals surface area contributed by atoms with Crippen molar-refractivity contribution in [2.45, 2.75) is 32.1 Å². The summed E-state index contributed by atoms with van der Waals surface area (Å²) in [6, 6.07) is 32.6. The Labute approximate surface area is 164 Å². The van der Waals surface area contributed by atoms with Crippen molar-refractivity contribution in [3.63, 3.8) is 0 Å². The summed E-state index contributed by atoms with van der Waals surface area (Å²) >= 11 is 0. The van der Waals surface area contributed by atoms with E-state index in [0.29, 0.717) is 0 Å². The van der Waals surface area contributed by atoms with Crippen molar-refractivity contribution in [1.82, 2.24) is 4.90 Å². The van der Waals surface area contributed by atoms with Gasteiger partial charge in [-0.05, 0) is 61.9 Å². The number of benzene rings is 3. The van der Waals surface area contributed by atoms with E-state index in [9.17, 15) is 0 Å². The maximum Gasteiger partial charge on any atom is 0.00218 e. The fourth-order valence-corrected chi connectivity index (χ4v) is 3.57. The highest BCUT2D eigenvalue weighted by Gasteiger charge is 2.06. The molecule has 3 rings (SSSR count). The molecule has 0 saturated heterocycles. The first-order valence-electron chi connectivity index (χ1n) is 10.2. The van der Waals surface area contributed by atoms with E-state index in [4.69, 9.17) is 0 Å². The van der Waals surface area contributed by atoms with Crippen LogP contribution >= 0.6 is 0 Å². The van der Waals surface area contributed by atoms with E-state index < -0.39 is 0 Å². The molecule has 3 aromatic carbocycles. The van der Waals surface area contributed by atoms with Crippen LogP contribution in [0.3, 0.4) is 0 Å². The number of aryl methyl sites for hydroxylation is 2. The molecule has 0 heterocycles. The molecule has 1 heteroatoms. The number of hydrogen-bond donors (Lipinski definition) is 0. The van der Waals surface area contributed by atoms with Crippen molar-refractivity contribution >= 4 is 0 Å². The zero-order valence-corrected chi connectivity index (χ0v) is 16.3. The minimum atomic E-state index is 1.14. The molecule has 0 amide bonds. The first-order chi connectivity index (χ1) is 13.4. The van der Waals surface area contributed by atoms with Crippen LogP contribution in [0.1, 0.15) is 29.5 Å². The summed E-state index contributed by atoms with van der Waals surface area (Å²) in [5, 5.41) is 0. The lowest BCUT2D eigenvalue weighted by Gasteiger charge is -2.22. The Balaban J connectivity index is 1.47. The second kappa shape index (κ2) is 11.4. The summed E-state index contributed by atoms with van der Waals surface area (Å²) < 4.78 is 0. The van der Waals surface area contributed by atoms with Gasteiger partial charge in [0.15, 0.2) is 0 Å². The summed E-state index contributed by atoms with van der Waals surface area (Å²) in [7, 11) is 0. The highest BCUT2D eigenvalue weighted by molar-refractivity contribution is 5.16. The fraction of sp³-hybridized carbons (Fsp3) is 0.308. The highest BCUT2D eigenvalue weighted by Crippen LogP contribution is 2.08. The number of hydrogen-bond acceptors (Lipinski definition) is 1. The Morgan fingerprint density at radius 2 is 0.778 bits per heavy atom. The molecule has 0 bridgehead atoms. The summed E-state index contributed by atoms with van der Waals surface area (Å²) in [6.45, 7) is 3.50. The van der Waals surface area contributed by atoms with Gasteiger partial charge in [0.1, 0.15) is 0 Å². The van der Waals surface area contributed by atoms with E-state index >= 15 is 0 Å². The molecular formula is C26H31N. The van der Waals surface area contributed by atoms with Crippen molar-refractivity contribution in [3.05, 3.63) is 108 Å². The van der Waals surface area contributed by atoms with Gasteiger partial charge in [-0.15, -0.1) is 0 Å². The van der Waals surface area contributed by atoms with Crippen LogP contribution in [0, 0.1) is 0 Å². The normalized spacial score (nSPS) is 11.0. The average Bonchev–Trinajstić information content (AvgIpc) is 2.74. The zero-order valence-electron chi connectivity index (χ0n) is 16.3. The van der Waals surface area contributed by atoms with Crippen molar-refractivity contribution < 1.29 is 0 Å². The third-order valence-corrected chi connectivity index (χ3v) is 5.12. The zero-order chi connectivity index (χ0) is 18.6. The van der Waals surface area contributed by atoms with Crippen LogP contribution in [0.25, 0.3) is 0 Å². The quantitative estimate of drug-likeness (QED) is 0.419. The Kier molecular flexibility index (Phi) is 8.15. The van der Waals surface area contributed by atoms with E-state index in [0.717, 1.165) is 13.0 Å². The second-order valence-electron chi connectivity index (χ2n) is 7.26. The smallest absolute Gasteiger partial charge is 0.00218 e. The van der Waals surface area contributed by atoms with E-state index in [1.165, 1.54) is 55.5 Å². The van der Waals surface area contributed by atoms with Crippen LogP contribution < -0.4 is 0 Å². The molecule has 0 aromatic heterocycles. The molecule has 0 fully saturated rings. The summed E-state index contributed by atoms with van der Waals surface area (Å²) in [6.07, 6.45) is 5.93. The van der Waals surface area contributed by atoms with E-state index in [1.807, 2.05) is 0 Å². The van der Waals surface area contributed by atoms with Gasteiger partial charge < -0.3 is 4.90 Å². The van der Waals surface area contributed by atoms with Gasteiger partial charge in [-0.25, -0.2) is 0 Å². The Morgan fingerprint density at radius 1 is 0.407 bits per heavy atom. The molecule has 1 nitrogen and oxygen atoms in total. The van der Waals surface area contributed by atoms with Crippen LogP contribution in [0.15, 0.2) is 91.0 Å². The predicted octanol–water partition coefficient (Wildman–Crippen LogP) is 5.80. The average molecular weight is 358 g/mol. The minimum absolute atomic E-state index is 1.14. The predicted molar refractivity (Wildman–Crippen MR) is 116 cm³/mol. The lowest BCUT2D eigenvalue weighted by Crippen LogP contribution is -2.29. The molecule has 0 atom stereocenters. The van der Waals surface area contributed by atoms with Crippen molar-refractivity contribution in [3.8, 4) is 0 Å². The van der Waals surface area contributed by atoms with Crippen molar-refractivity contribution in [2.75, 3.05) is 19.6 Å². The summed E-state index contributed by atoms with van der Waals surface area (Å²) in [5.74, 6) is 0. The molecule has 0 radical (unpaired) electrons. The van der Waals surface area contributed by atoms with Crippen LogP contribution in [-0.4, -0.2) is 24.5 Å². The number of rotatable bonds is 11. The van der Waals surface area contributed by atoms with E-state index in [2.05, 4.69) is 95.9 Å². The van der Waals surface area contributed by atoms with Gasteiger partial charge in [-0.1, -0.05) is 91.0 Å². The molecular weight excluding hydrogens is 326 g/mol. The van der Waals surface area contributed by atoms with Crippen LogP contribution in [-0.2, 0) is 19.3 Å². The van der Waals surface area contributed by atoms with Gasteiger partial charge in [0.2, 0.25) is 0 Å². The molecule has 0 unspecified atom stereocenters. The van der Waals surface area contributed by atoms with Gasteiger partial charge in [-0.2, -0.15) is 0 Å². The van der Waals surface area contributed by atoms with Crippen molar-refractivity contribution in [1.29, 1.82) is 0 Å². The number of nitrogens with zero attached hydrogens (tertiary/aromatic N) is 1. The third-order valence-electron chi connectivity index (χ3n) is 5.12. The first-order valence-corrected chi connectivity index (χ1v) is 10.2. The molecule has 0 aliphatic carbocycles. The van der Waals surface area contributed by atoms with Gasteiger partial charge in [0.25, 0.3) is 0 Å². The fourth-order valence-electron chi connectivity index (χ4n) is 3.57. The van der Waals surface area contributed by atoms with Gasteiger partial charge in [-0.3, -0.25) is 0 Å². The van der Waals surface area contributed by atoms with Crippen molar-refractivity contribution in [2.24, 2.45) is 0 Å². The molecule has 0 spiro atoms. The van der Waals surface area contributed by atoms with Gasteiger partial charge in [0.05, 0.1) is 0 Å². The molecule has 0 N–H and O–H groups in total. The Hall–Kier alpha value is -2.38. The van der Waals surface area contributed by atoms with Crippen LogP contribution in [0.5, 0.6) is 0 Å². The van der Waals surface area contributed by atoms with Gasteiger partial charge in [0, 0.05) is 6.54 Å². The summed E-state index contributed by atoms with van der Waals surface area (Å²) in [5.41, 5.74) is 4.34. The molecule has 27 heavy (non-hydrogen) atoms. The lowest BCUT2D eigenvalue weighted by molar-refractivity contribution is 0.270. The lowest BCUT2D eigenvalue weighted by atomic mass is 10.1. The molecule has 0 aliphatic heterocycles. The Bertz CT molecular complexity index is 691. The SMILES string of the molecule is c1ccc(CCCN(CCCc2ccccc2)CCc2ccccc2)cc1. The molecule has 0 saturated carbocycles. The maximum absolute atomic E-state index is 2.65. The molecule has 0 aliphatic rings. The monoisotopic (exact) mass is 357 g/mol. The topological polar surface area (TPSA) is 3.24 Å². The van der Waals surface area contributed by atoms with E-state index in [1.54, 1.807) is 0 Å². The minimum Gasteiger partial charge on any atom is -0.303 e. The first kappa shape index (κ1) is 19.4. The second-order valence-corrected chi connectivity index (χ2v) is 7.26. The molecule has 3 aromatic rings. The standard InChI is InChI=1S/C26H31N/c1-4-12-24(13-5-1)18-10-21-27(23-20-26-16-8-3-9-17-26)22-11-19-25-14-6-2-7-15-25/h1-9,12-17H,10-11,18-23H2. The maximum atomic E-state index is 2.65. The summed E-state index contributed by atoms with van der Waals surface area (Å²) in [4.78, 5) is 2.65. The Morgan fingerprint density at radius 3 is 1.19 bits per heavy atom.